The molecular formula is C13H17ClN2O2. The lowest BCUT2D eigenvalue weighted by Crippen LogP contribution is -2.38. The second-order valence-electron chi connectivity index (χ2n) is 4.89. The van der Waals surface area contributed by atoms with Crippen LogP contribution in [0, 0.1) is 5.41 Å². The number of hydrogen-bond acceptors (Lipinski definition) is 3. The highest BCUT2D eigenvalue weighted by Gasteiger charge is 2.33. The number of rotatable bonds is 4. The minimum absolute atomic E-state index is 0.119. The van der Waals surface area contributed by atoms with E-state index in [1.165, 1.54) is 0 Å². The number of carbonyl (C=O) groups is 1. The van der Waals surface area contributed by atoms with Gasteiger partial charge >= 0.3 is 0 Å². The Morgan fingerprint density at radius 3 is 2.83 bits per heavy atom. The number of hydrogen-bond donors (Lipinski definition) is 2. The van der Waals surface area contributed by atoms with E-state index in [9.17, 15) is 9.90 Å². The molecule has 5 heteroatoms. The second-order valence-corrected chi connectivity index (χ2v) is 5.25. The molecule has 1 aliphatic carbocycles. The molecule has 4 nitrogen and oxygen atoms in total. The average Bonchev–Trinajstić information content (AvgIpc) is 2.86. The van der Waals surface area contributed by atoms with E-state index in [2.05, 4.69) is 10.3 Å². The normalized spacial score (nSPS) is 17.7. The van der Waals surface area contributed by atoms with Gasteiger partial charge in [0.15, 0.2) is 0 Å². The first-order valence-electron chi connectivity index (χ1n) is 6.16. The molecule has 1 fully saturated rings. The van der Waals surface area contributed by atoms with Gasteiger partial charge < -0.3 is 10.4 Å². The molecule has 1 aromatic rings. The van der Waals surface area contributed by atoms with E-state index in [0.29, 0.717) is 12.1 Å². The van der Waals surface area contributed by atoms with E-state index in [4.69, 9.17) is 11.6 Å². The van der Waals surface area contributed by atoms with Crippen LogP contribution in [-0.4, -0.2) is 29.1 Å². The van der Waals surface area contributed by atoms with E-state index >= 15 is 0 Å². The lowest BCUT2D eigenvalue weighted by Gasteiger charge is -2.26. The minimum Gasteiger partial charge on any atom is -0.396 e. The Morgan fingerprint density at radius 1 is 1.50 bits per heavy atom. The predicted molar refractivity (Wildman–Crippen MR) is 69.6 cm³/mol. The van der Waals surface area contributed by atoms with Crippen LogP contribution in [0.25, 0.3) is 0 Å². The zero-order valence-electron chi connectivity index (χ0n) is 10.2. The summed E-state index contributed by atoms with van der Waals surface area (Å²) in [4.78, 5) is 15.8. The Bertz CT molecular complexity index is 431. The molecule has 0 bridgehead atoms. The monoisotopic (exact) mass is 268 g/mol. The number of amides is 1. The molecule has 1 amide bonds. The third-order valence-corrected chi connectivity index (χ3v) is 3.93. The molecule has 0 spiro atoms. The Labute approximate surface area is 111 Å². The molecule has 1 saturated carbocycles. The van der Waals surface area contributed by atoms with Crippen molar-refractivity contribution >= 4 is 17.5 Å². The number of aliphatic hydroxyl groups excluding tert-OH is 1. The number of aromatic nitrogens is 1. The molecule has 0 atom stereocenters. The van der Waals surface area contributed by atoms with Crippen LogP contribution in [0.15, 0.2) is 18.3 Å². The summed E-state index contributed by atoms with van der Waals surface area (Å²) in [6, 6.07) is 3.32. The predicted octanol–water partition coefficient (Wildman–Crippen LogP) is 2.02. The summed E-state index contributed by atoms with van der Waals surface area (Å²) in [6.07, 6.45) is 5.70. The molecule has 0 unspecified atom stereocenters. The third-order valence-electron chi connectivity index (χ3n) is 3.63. The van der Waals surface area contributed by atoms with Gasteiger partial charge in [-0.15, -0.1) is 0 Å². The molecule has 1 heterocycles. The Hall–Kier alpha value is -1.13. The van der Waals surface area contributed by atoms with Crippen molar-refractivity contribution in [3.8, 4) is 0 Å². The van der Waals surface area contributed by atoms with Gasteiger partial charge in [-0.1, -0.05) is 24.4 Å². The summed E-state index contributed by atoms with van der Waals surface area (Å²) in [7, 11) is 0. The molecular weight excluding hydrogens is 252 g/mol. The summed E-state index contributed by atoms with van der Waals surface area (Å²) < 4.78 is 0. The zero-order valence-corrected chi connectivity index (χ0v) is 10.9. The summed E-state index contributed by atoms with van der Waals surface area (Å²) in [5.41, 5.74) is 0.231. The fourth-order valence-electron chi connectivity index (χ4n) is 2.43. The van der Waals surface area contributed by atoms with Crippen molar-refractivity contribution in [2.75, 3.05) is 13.2 Å². The molecule has 0 aliphatic heterocycles. The SMILES string of the molecule is O=C(NCC1(CO)CCCC1)c1cccnc1Cl. The van der Waals surface area contributed by atoms with Crippen LogP contribution in [0.4, 0.5) is 0 Å². The molecule has 1 aromatic heterocycles. The van der Waals surface area contributed by atoms with E-state index in [0.717, 1.165) is 25.7 Å². The first-order valence-corrected chi connectivity index (χ1v) is 6.54. The summed E-state index contributed by atoms with van der Waals surface area (Å²) >= 11 is 5.86. The standard InChI is InChI=1S/C13H17ClN2O2/c14-11-10(4-3-7-15-11)12(18)16-8-13(9-17)5-1-2-6-13/h3-4,7,17H,1-2,5-6,8-9H2,(H,16,18). The van der Waals surface area contributed by atoms with Crippen LogP contribution < -0.4 is 5.32 Å². The van der Waals surface area contributed by atoms with Crippen molar-refractivity contribution < 1.29 is 9.90 Å². The summed E-state index contributed by atoms with van der Waals surface area (Å²) in [5, 5.41) is 12.5. The topological polar surface area (TPSA) is 62.2 Å². The van der Waals surface area contributed by atoms with Gasteiger partial charge in [-0.2, -0.15) is 0 Å². The number of nitrogens with one attached hydrogen (secondary N) is 1. The molecule has 1 aliphatic rings. The van der Waals surface area contributed by atoms with Crippen LogP contribution in [0.1, 0.15) is 36.0 Å². The van der Waals surface area contributed by atoms with Crippen molar-refractivity contribution in [1.82, 2.24) is 10.3 Å². The summed E-state index contributed by atoms with van der Waals surface area (Å²) in [5.74, 6) is -0.229. The molecule has 2 rings (SSSR count). The van der Waals surface area contributed by atoms with Crippen molar-refractivity contribution in [2.45, 2.75) is 25.7 Å². The van der Waals surface area contributed by atoms with Crippen LogP contribution in [0.3, 0.4) is 0 Å². The smallest absolute Gasteiger partial charge is 0.254 e. The molecule has 0 saturated heterocycles. The molecule has 18 heavy (non-hydrogen) atoms. The van der Waals surface area contributed by atoms with Gasteiger partial charge in [-0.05, 0) is 25.0 Å². The van der Waals surface area contributed by atoms with Crippen LogP contribution in [0.2, 0.25) is 5.15 Å². The number of carbonyl (C=O) groups excluding carboxylic acids is 1. The number of nitrogens with zero attached hydrogens (tertiary/aromatic N) is 1. The fraction of sp³-hybridized carbons (Fsp3) is 0.538. The second kappa shape index (κ2) is 5.67. The lowest BCUT2D eigenvalue weighted by atomic mass is 9.87. The van der Waals surface area contributed by atoms with Crippen LogP contribution >= 0.6 is 11.6 Å². The zero-order chi connectivity index (χ0) is 13.0. The van der Waals surface area contributed by atoms with E-state index < -0.39 is 0 Å². The fourth-order valence-corrected chi connectivity index (χ4v) is 2.64. The summed E-state index contributed by atoms with van der Waals surface area (Å²) in [6.45, 7) is 0.613. The van der Waals surface area contributed by atoms with Gasteiger partial charge in [-0.3, -0.25) is 4.79 Å². The van der Waals surface area contributed by atoms with Crippen molar-refractivity contribution in [1.29, 1.82) is 0 Å². The first kappa shape index (κ1) is 13.3. The van der Waals surface area contributed by atoms with Gasteiger partial charge in [0.1, 0.15) is 5.15 Å². The molecule has 0 radical (unpaired) electrons. The largest absolute Gasteiger partial charge is 0.396 e. The average molecular weight is 269 g/mol. The van der Waals surface area contributed by atoms with Crippen molar-refractivity contribution in [3.05, 3.63) is 29.0 Å². The number of aliphatic hydroxyl groups is 1. The maximum absolute atomic E-state index is 12.0. The van der Waals surface area contributed by atoms with Crippen molar-refractivity contribution in [3.63, 3.8) is 0 Å². The van der Waals surface area contributed by atoms with E-state index in [-0.39, 0.29) is 23.1 Å². The Kier molecular flexibility index (Phi) is 4.19. The third kappa shape index (κ3) is 2.82. The maximum Gasteiger partial charge on any atom is 0.254 e. The highest BCUT2D eigenvalue weighted by atomic mass is 35.5. The number of pyridine rings is 1. The van der Waals surface area contributed by atoms with Crippen LogP contribution in [0.5, 0.6) is 0 Å². The molecule has 2 N–H and O–H groups in total. The Balaban J connectivity index is 1.98. The highest BCUT2D eigenvalue weighted by molar-refractivity contribution is 6.32. The molecule has 98 valence electrons. The minimum atomic E-state index is -0.229. The first-order chi connectivity index (χ1) is 8.67. The van der Waals surface area contributed by atoms with E-state index in [1.807, 2.05) is 0 Å². The van der Waals surface area contributed by atoms with E-state index in [1.54, 1.807) is 18.3 Å². The Morgan fingerprint density at radius 2 is 2.22 bits per heavy atom. The molecule has 0 aromatic carbocycles. The lowest BCUT2D eigenvalue weighted by molar-refractivity contribution is 0.0880. The van der Waals surface area contributed by atoms with Gasteiger partial charge in [-0.25, -0.2) is 4.98 Å². The van der Waals surface area contributed by atoms with Crippen molar-refractivity contribution in [2.24, 2.45) is 5.41 Å². The van der Waals surface area contributed by atoms with Crippen LogP contribution in [-0.2, 0) is 0 Å². The van der Waals surface area contributed by atoms with Gasteiger partial charge in [0.05, 0.1) is 12.2 Å². The highest BCUT2D eigenvalue weighted by Crippen LogP contribution is 2.36. The quantitative estimate of drug-likeness (QED) is 0.822. The van der Waals surface area contributed by atoms with Gasteiger partial charge in [0.25, 0.3) is 5.91 Å². The maximum atomic E-state index is 12.0. The number of halogens is 1. The van der Waals surface area contributed by atoms with Gasteiger partial charge in [0.2, 0.25) is 0 Å². The van der Waals surface area contributed by atoms with Gasteiger partial charge in [0, 0.05) is 18.2 Å².